The van der Waals surface area contributed by atoms with Gasteiger partial charge in [-0.3, -0.25) is 0 Å². The van der Waals surface area contributed by atoms with E-state index >= 15 is 0 Å². The topological polar surface area (TPSA) is 95.2 Å². The summed E-state index contributed by atoms with van der Waals surface area (Å²) in [5, 5.41) is 38.3. The van der Waals surface area contributed by atoms with Gasteiger partial charge < -0.3 is 0 Å². The summed E-state index contributed by atoms with van der Waals surface area (Å²) in [5.41, 5.74) is -17.6. The van der Waals surface area contributed by atoms with Crippen molar-refractivity contribution in [2.24, 2.45) is 0 Å². The fourth-order valence-corrected chi connectivity index (χ4v) is 5.56. The first kappa shape index (κ1) is 31.7. The third kappa shape index (κ3) is 4.70. The number of hydrogen-bond acceptors (Lipinski definition) is 4. The normalized spacial score (nSPS) is 13.5. The Balaban J connectivity index is 2.05. The van der Waals surface area contributed by atoms with Crippen LogP contribution in [0.3, 0.4) is 0 Å². The monoisotopic (exact) mass is 650 g/mol. The second kappa shape index (κ2) is 9.88. The minimum absolute atomic E-state index is 0.219. The molecule has 46 heavy (non-hydrogen) atoms. The molecule has 230 valence electrons. The lowest BCUT2D eigenvalue weighted by molar-refractivity contribution is -0.144. The Kier molecular flexibility index (Phi) is 6.81. The van der Waals surface area contributed by atoms with E-state index in [0.29, 0.717) is 12.1 Å². The Bertz CT molecular complexity index is 1940. The van der Waals surface area contributed by atoms with Crippen LogP contribution in [-0.4, -0.2) is 0 Å². The SMILES string of the molecule is N#CC(C#N)=C1c2cc3c(cc2-c2c1cc(C(F)(F)F)cc2C(F)(F)F)C(=C(C#N)C#N)c1cc(C(F)(F)F)cc(C(F)(F)F)c1-3. The number of rotatable bonds is 0. The number of benzene rings is 3. The van der Waals surface area contributed by atoms with Crippen molar-refractivity contribution in [1.82, 2.24) is 0 Å². The summed E-state index contributed by atoms with van der Waals surface area (Å²) < 4.78 is 168. The number of hydrogen-bond donors (Lipinski definition) is 0. The van der Waals surface area contributed by atoms with Crippen molar-refractivity contribution >= 4 is 11.1 Å². The van der Waals surface area contributed by atoms with E-state index in [4.69, 9.17) is 0 Å². The van der Waals surface area contributed by atoms with Crippen LogP contribution in [0.15, 0.2) is 47.5 Å². The lowest BCUT2D eigenvalue weighted by atomic mass is 9.92. The second-order valence-electron chi connectivity index (χ2n) is 9.77. The third-order valence-corrected chi connectivity index (χ3v) is 7.26. The molecule has 0 amide bonds. The molecule has 4 nitrogen and oxygen atoms in total. The maximum atomic E-state index is 14.3. The van der Waals surface area contributed by atoms with Crippen LogP contribution in [0.5, 0.6) is 0 Å². The molecule has 0 atom stereocenters. The molecular formula is C30H6F12N4. The molecule has 0 aromatic heterocycles. The predicted octanol–water partition coefficient (Wildman–Crippen LogP) is 9.42. The molecule has 2 aliphatic rings. The number of nitrogens with zero attached hydrogens (tertiary/aromatic N) is 4. The molecule has 0 spiro atoms. The Morgan fingerprint density at radius 3 is 0.935 bits per heavy atom. The lowest BCUT2D eigenvalue weighted by Gasteiger charge is -2.17. The largest absolute Gasteiger partial charge is 0.417 e. The predicted molar refractivity (Wildman–Crippen MR) is 132 cm³/mol. The molecule has 0 heterocycles. The average Bonchev–Trinajstić information content (AvgIpc) is 3.43. The number of nitriles is 4. The van der Waals surface area contributed by atoms with Gasteiger partial charge in [0.15, 0.2) is 0 Å². The highest BCUT2D eigenvalue weighted by Crippen LogP contribution is 2.58. The van der Waals surface area contributed by atoms with Gasteiger partial charge in [0, 0.05) is 22.3 Å². The molecule has 0 N–H and O–H groups in total. The minimum atomic E-state index is -5.52. The first-order chi connectivity index (χ1) is 21.2. The van der Waals surface area contributed by atoms with Gasteiger partial charge in [0.25, 0.3) is 0 Å². The molecule has 2 aliphatic carbocycles. The maximum Gasteiger partial charge on any atom is 0.417 e. The third-order valence-electron chi connectivity index (χ3n) is 7.26. The van der Waals surface area contributed by atoms with Crippen LogP contribution in [0.1, 0.15) is 44.5 Å². The molecule has 0 saturated carbocycles. The summed E-state index contributed by atoms with van der Waals surface area (Å²) in [4.78, 5) is 0. The molecule has 3 aromatic carbocycles. The number of alkyl halides is 12. The van der Waals surface area contributed by atoms with E-state index in [1.165, 1.54) is 24.3 Å². The zero-order chi connectivity index (χ0) is 34.3. The van der Waals surface area contributed by atoms with Gasteiger partial charge in [-0.05, 0) is 69.8 Å². The second-order valence-corrected chi connectivity index (χ2v) is 9.77. The Labute approximate surface area is 248 Å². The van der Waals surface area contributed by atoms with E-state index in [0.717, 1.165) is 0 Å². The zero-order valence-electron chi connectivity index (χ0n) is 21.8. The van der Waals surface area contributed by atoms with Crippen molar-refractivity contribution in [2.45, 2.75) is 24.7 Å². The van der Waals surface area contributed by atoms with Crippen molar-refractivity contribution in [1.29, 1.82) is 21.0 Å². The van der Waals surface area contributed by atoms with E-state index in [2.05, 4.69) is 0 Å². The molecule has 5 rings (SSSR count). The van der Waals surface area contributed by atoms with Crippen LogP contribution in [-0.2, 0) is 24.7 Å². The molecule has 0 unspecified atom stereocenters. The Morgan fingerprint density at radius 1 is 0.391 bits per heavy atom. The first-order valence-corrected chi connectivity index (χ1v) is 12.1. The minimum Gasteiger partial charge on any atom is -0.192 e. The fourth-order valence-electron chi connectivity index (χ4n) is 5.56. The van der Waals surface area contributed by atoms with E-state index in [-0.39, 0.29) is 24.3 Å². The van der Waals surface area contributed by atoms with Gasteiger partial charge in [-0.25, -0.2) is 0 Å². The van der Waals surface area contributed by atoms with E-state index in [9.17, 15) is 73.7 Å². The summed E-state index contributed by atoms with van der Waals surface area (Å²) in [6.07, 6.45) is -21.8. The van der Waals surface area contributed by atoms with Crippen molar-refractivity contribution in [3.05, 3.63) is 92.1 Å². The van der Waals surface area contributed by atoms with Crippen molar-refractivity contribution in [3.8, 4) is 46.5 Å². The van der Waals surface area contributed by atoms with Crippen molar-refractivity contribution in [2.75, 3.05) is 0 Å². The summed E-state index contributed by atoms with van der Waals surface area (Å²) in [5.74, 6) is 0. The quantitative estimate of drug-likeness (QED) is 0.123. The van der Waals surface area contributed by atoms with Crippen LogP contribution < -0.4 is 0 Å². The van der Waals surface area contributed by atoms with Gasteiger partial charge in [-0.15, -0.1) is 0 Å². The van der Waals surface area contributed by atoms with Crippen molar-refractivity contribution < 1.29 is 52.7 Å². The summed E-state index contributed by atoms with van der Waals surface area (Å²) in [6.45, 7) is 0. The average molecular weight is 650 g/mol. The molecule has 0 fully saturated rings. The van der Waals surface area contributed by atoms with E-state index in [1.54, 1.807) is 0 Å². The van der Waals surface area contributed by atoms with Crippen LogP contribution in [0.25, 0.3) is 33.4 Å². The number of fused-ring (bicyclic) bond motifs is 6. The highest BCUT2D eigenvalue weighted by molar-refractivity contribution is 6.12. The van der Waals surface area contributed by atoms with Crippen LogP contribution in [0.2, 0.25) is 0 Å². The first-order valence-electron chi connectivity index (χ1n) is 12.1. The van der Waals surface area contributed by atoms with Gasteiger partial charge in [0.2, 0.25) is 0 Å². The van der Waals surface area contributed by atoms with Crippen LogP contribution in [0, 0.1) is 45.3 Å². The van der Waals surface area contributed by atoms with Crippen LogP contribution in [0.4, 0.5) is 52.7 Å². The van der Waals surface area contributed by atoms with Gasteiger partial charge >= 0.3 is 24.7 Å². The molecule has 0 radical (unpaired) electrons. The standard InChI is InChI=1S/C30H6F12N4/c31-27(32,33)13-1-19-23(11(7-43)8-44)15-5-18-16(6-17(15)25(19)21(3-13)29(37,38)39)24(12(9-45)10-46)20-2-14(28(34,35)36)4-22(26(18)20)30(40,41)42/h1-6H. The highest BCUT2D eigenvalue weighted by atomic mass is 19.4. The lowest BCUT2D eigenvalue weighted by Crippen LogP contribution is -2.13. The van der Waals surface area contributed by atoms with Gasteiger partial charge in [-0.1, -0.05) is 0 Å². The fraction of sp³-hybridized carbons (Fsp3) is 0.133. The number of halogens is 12. The smallest absolute Gasteiger partial charge is 0.192 e. The van der Waals surface area contributed by atoms with Crippen LogP contribution >= 0.6 is 0 Å². The van der Waals surface area contributed by atoms with Gasteiger partial charge in [-0.2, -0.15) is 73.7 Å². The molecule has 0 aliphatic heterocycles. The van der Waals surface area contributed by atoms with Crippen molar-refractivity contribution in [3.63, 3.8) is 0 Å². The van der Waals surface area contributed by atoms with E-state index in [1.807, 2.05) is 0 Å². The van der Waals surface area contributed by atoms with Gasteiger partial charge in [0.1, 0.15) is 35.4 Å². The zero-order valence-corrected chi connectivity index (χ0v) is 21.8. The Hall–Kier alpha value is -5.74. The highest BCUT2D eigenvalue weighted by Gasteiger charge is 2.47. The summed E-state index contributed by atoms with van der Waals surface area (Å²) in [7, 11) is 0. The molecule has 16 heteroatoms. The molecule has 0 bridgehead atoms. The summed E-state index contributed by atoms with van der Waals surface area (Å²) >= 11 is 0. The van der Waals surface area contributed by atoms with E-state index < -0.39 is 114 Å². The Morgan fingerprint density at radius 2 is 0.696 bits per heavy atom. The van der Waals surface area contributed by atoms with Gasteiger partial charge in [0.05, 0.1) is 22.3 Å². The molecule has 0 saturated heterocycles. The summed E-state index contributed by atoms with van der Waals surface area (Å²) in [6, 6.07) is 6.65. The molecular weight excluding hydrogens is 644 g/mol. The number of allylic oxidation sites excluding steroid dienone is 2. The molecule has 3 aromatic rings. The maximum absolute atomic E-state index is 14.3.